The van der Waals surface area contributed by atoms with E-state index in [1.165, 1.54) is 6.07 Å². The lowest BCUT2D eigenvalue weighted by molar-refractivity contribution is -0.137. The van der Waals surface area contributed by atoms with Gasteiger partial charge in [0.1, 0.15) is 5.82 Å². The second kappa shape index (κ2) is 4.91. The number of nitrogens with zero attached hydrogens (tertiary/aromatic N) is 2. The molecular formula is C10H12ClF3N2. The van der Waals surface area contributed by atoms with E-state index in [2.05, 4.69) is 4.98 Å². The van der Waals surface area contributed by atoms with E-state index in [-0.39, 0.29) is 5.38 Å². The highest BCUT2D eigenvalue weighted by molar-refractivity contribution is 6.20. The van der Waals surface area contributed by atoms with Crippen molar-refractivity contribution >= 4 is 17.4 Å². The number of rotatable bonds is 3. The molecule has 0 saturated carbocycles. The molecule has 16 heavy (non-hydrogen) atoms. The van der Waals surface area contributed by atoms with Crippen molar-refractivity contribution in [1.82, 2.24) is 4.98 Å². The summed E-state index contributed by atoms with van der Waals surface area (Å²) in [7, 11) is 1.73. The summed E-state index contributed by atoms with van der Waals surface area (Å²) in [4.78, 5) is 5.45. The molecule has 90 valence electrons. The molecular weight excluding hydrogens is 241 g/mol. The number of alkyl halides is 4. The standard InChI is InChI=1S/C10H12ClF3N2/c1-7(11)6-16(2)9-4-3-8(5-15-9)10(12,13)14/h3-5,7H,6H2,1-2H3. The molecule has 0 spiro atoms. The lowest BCUT2D eigenvalue weighted by atomic mass is 10.2. The molecule has 2 nitrogen and oxygen atoms in total. The van der Waals surface area contributed by atoms with E-state index < -0.39 is 11.7 Å². The zero-order valence-corrected chi connectivity index (χ0v) is 9.68. The van der Waals surface area contributed by atoms with Crippen LogP contribution in [0.1, 0.15) is 12.5 Å². The summed E-state index contributed by atoms with van der Waals surface area (Å²) in [6, 6.07) is 2.35. The van der Waals surface area contributed by atoms with Gasteiger partial charge in [0.25, 0.3) is 0 Å². The maximum absolute atomic E-state index is 12.3. The van der Waals surface area contributed by atoms with Crippen molar-refractivity contribution in [1.29, 1.82) is 0 Å². The third-order valence-corrected chi connectivity index (χ3v) is 2.13. The molecule has 1 heterocycles. The second-order valence-electron chi connectivity index (χ2n) is 3.56. The molecule has 0 aliphatic heterocycles. The highest BCUT2D eigenvalue weighted by Crippen LogP contribution is 2.29. The number of hydrogen-bond donors (Lipinski definition) is 0. The van der Waals surface area contributed by atoms with Crippen LogP contribution in [0.5, 0.6) is 0 Å². The molecule has 6 heteroatoms. The summed E-state index contributed by atoms with van der Waals surface area (Å²) < 4.78 is 36.8. The Morgan fingerprint density at radius 2 is 2.06 bits per heavy atom. The molecule has 0 bridgehead atoms. The van der Waals surface area contributed by atoms with Gasteiger partial charge in [-0.15, -0.1) is 11.6 Å². The van der Waals surface area contributed by atoms with Crippen LogP contribution in [0.2, 0.25) is 0 Å². The molecule has 0 amide bonds. The Morgan fingerprint density at radius 3 is 2.44 bits per heavy atom. The Bertz CT molecular complexity index is 335. The molecule has 1 unspecified atom stereocenters. The first-order valence-electron chi connectivity index (χ1n) is 4.69. The van der Waals surface area contributed by atoms with Crippen LogP contribution in [0.25, 0.3) is 0 Å². The molecule has 1 aromatic heterocycles. The van der Waals surface area contributed by atoms with E-state index in [9.17, 15) is 13.2 Å². The van der Waals surface area contributed by atoms with Crippen LogP contribution >= 0.6 is 11.6 Å². The predicted octanol–water partition coefficient (Wildman–Crippen LogP) is 3.16. The number of hydrogen-bond acceptors (Lipinski definition) is 2. The van der Waals surface area contributed by atoms with Crippen LogP contribution in [0, 0.1) is 0 Å². The van der Waals surface area contributed by atoms with Crippen molar-refractivity contribution in [3.8, 4) is 0 Å². The minimum absolute atomic E-state index is 0.0888. The number of halogens is 4. The average Bonchev–Trinajstić information content (AvgIpc) is 2.15. The number of aromatic nitrogens is 1. The predicted molar refractivity (Wildman–Crippen MR) is 57.8 cm³/mol. The van der Waals surface area contributed by atoms with E-state index >= 15 is 0 Å². The van der Waals surface area contributed by atoms with Crippen LogP contribution in [0.15, 0.2) is 18.3 Å². The van der Waals surface area contributed by atoms with E-state index in [1.807, 2.05) is 6.92 Å². The van der Waals surface area contributed by atoms with Gasteiger partial charge in [0.05, 0.1) is 5.56 Å². The average molecular weight is 253 g/mol. The van der Waals surface area contributed by atoms with Gasteiger partial charge in [-0.25, -0.2) is 4.98 Å². The Kier molecular flexibility index (Phi) is 4.02. The highest BCUT2D eigenvalue weighted by Gasteiger charge is 2.30. The highest BCUT2D eigenvalue weighted by atomic mass is 35.5. The summed E-state index contributed by atoms with van der Waals surface area (Å²) in [5.74, 6) is 0.473. The third-order valence-electron chi connectivity index (χ3n) is 1.99. The van der Waals surface area contributed by atoms with Crippen molar-refractivity contribution in [2.45, 2.75) is 18.5 Å². The maximum Gasteiger partial charge on any atom is 0.417 e. The molecule has 0 aliphatic carbocycles. The van der Waals surface area contributed by atoms with Gasteiger partial charge in [0, 0.05) is 25.2 Å². The topological polar surface area (TPSA) is 16.1 Å². The van der Waals surface area contributed by atoms with Crippen LogP contribution in [0.4, 0.5) is 19.0 Å². The molecule has 0 aromatic carbocycles. The smallest absolute Gasteiger partial charge is 0.358 e. The van der Waals surface area contributed by atoms with Crippen LogP contribution < -0.4 is 4.90 Å². The van der Waals surface area contributed by atoms with Crippen molar-refractivity contribution in [3.05, 3.63) is 23.9 Å². The zero-order chi connectivity index (χ0) is 12.3. The number of pyridine rings is 1. The van der Waals surface area contributed by atoms with Gasteiger partial charge < -0.3 is 4.90 Å². The second-order valence-corrected chi connectivity index (χ2v) is 4.31. The monoisotopic (exact) mass is 252 g/mol. The first-order chi connectivity index (χ1) is 7.30. The van der Waals surface area contributed by atoms with Crippen LogP contribution in [-0.4, -0.2) is 24.0 Å². The Labute approximate surface area is 97.0 Å². The Hall–Kier alpha value is -0.970. The Balaban J connectivity index is 2.79. The molecule has 0 fully saturated rings. The van der Waals surface area contributed by atoms with E-state index in [0.717, 1.165) is 12.3 Å². The zero-order valence-electron chi connectivity index (χ0n) is 8.92. The quantitative estimate of drug-likeness (QED) is 0.768. The van der Waals surface area contributed by atoms with E-state index in [4.69, 9.17) is 11.6 Å². The molecule has 0 N–H and O–H groups in total. The van der Waals surface area contributed by atoms with Crippen molar-refractivity contribution < 1.29 is 13.2 Å². The van der Waals surface area contributed by atoms with Gasteiger partial charge in [-0.1, -0.05) is 0 Å². The van der Waals surface area contributed by atoms with Gasteiger partial charge in [-0.05, 0) is 19.1 Å². The first kappa shape index (κ1) is 13.1. The van der Waals surface area contributed by atoms with Crippen LogP contribution in [-0.2, 0) is 6.18 Å². The van der Waals surface area contributed by atoms with Crippen molar-refractivity contribution in [3.63, 3.8) is 0 Å². The van der Waals surface area contributed by atoms with Crippen molar-refractivity contribution in [2.75, 3.05) is 18.5 Å². The van der Waals surface area contributed by atoms with Gasteiger partial charge in [0.15, 0.2) is 0 Å². The molecule has 1 rings (SSSR count). The van der Waals surface area contributed by atoms with Crippen molar-refractivity contribution in [2.24, 2.45) is 0 Å². The molecule has 1 aromatic rings. The Morgan fingerprint density at radius 1 is 1.44 bits per heavy atom. The minimum Gasteiger partial charge on any atom is -0.358 e. The van der Waals surface area contributed by atoms with Gasteiger partial charge in [-0.3, -0.25) is 0 Å². The first-order valence-corrected chi connectivity index (χ1v) is 5.13. The molecule has 1 atom stereocenters. The normalized spacial score (nSPS) is 13.6. The van der Waals surface area contributed by atoms with Gasteiger partial charge in [-0.2, -0.15) is 13.2 Å². The van der Waals surface area contributed by atoms with E-state index in [1.54, 1.807) is 11.9 Å². The fourth-order valence-electron chi connectivity index (χ4n) is 1.25. The lowest BCUT2D eigenvalue weighted by Crippen LogP contribution is -2.25. The van der Waals surface area contributed by atoms with E-state index in [0.29, 0.717) is 12.4 Å². The van der Waals surface area contributed by atoms with Gasteiger partial charge in [0.2, 0.25) is 0 Å². The van der Waals surface area contributed by atoms with Gasteiger partial charge >= 0.3 is 6.18 Å². The SMILES string of the molecule is CC(Cl)CN(C)c1ccc(C(F)(F)F)cn1. The summed E-state index contributed by atoms with van der Waals surface area (Å²) in [6.45, 7) is 2.34. The molecule has 0 aliphatic rings. The lowest BCUT2D eigenvalue weighted by Gasteiger charge is -2.19. The number of anilines is 1. The summed E-state index contributed by atoms with van der Waals surface area (Å²) in [5, 5.41) is -0.0888. The summed E-state index contributed by atoms with van der Waals surface area (Å²) in [6.07, 6.45) is -3.52. The third kappa shape index (κ3) is 3.56. The minimum atomic E-state index is -4.34. The van der Waals surface area contributed by atoms with Crippen LogP contribution in [0.3, 0.4) is 0 Å². The largest absolute Gasteiger partial charge is 0.417 e. The summed E-state index contributed by atoms with van der Waals surface area (Å²) in [5.41, 5.74) is -0.747. The molecule has 0 saturated heterocycles. The fraction of sp³-hybridized carbons (Fsp3) is 0.500. The molecule has 0 radical (unpaired) electrons. The fourth-order valence-corrected chi connectivity index (χ4v) is 1.46. The summed E-state index contributed by atoms with van der Waals surface area (Å²) >= 11 is 5.78. The maximum atomic E-state index is 12.3.